The summed E-state index contributed by atoms with van der Waals surface area (Å²) >= 11 is 0. The van der Waals surface area contributed by atoms with Crippen molar-refractivity contribution in [2.24, 2.45) is 5.92 Å². The molecule has 0 bridgehead atoms. The van der Waals surface area contributed by atoms with Crippen molar-refractivity contribution in [1.29, 1.82) is 0 Å². The van der Waals surface area contributed by atoms with E-state index in [-0.39, 0.29) is 11.9 Å². The molecule has 0 fully saturated rings. The molecule has 0 aliphatic rings. The Labute approximate surface area is 110 Å². The van der Waals surface area contributed by atoms with Gasteiger partial charge in [0.25, 0.3) is 5.91 Å². The smallest absolute Gasteiger partial charge is 0.268 e. The fourth-order valence-electron chi connectivity index (χ4n) is 1.94. The first-order valence-electron chi connectivity index (χ1n) is 6.70. The summed E-state index contributed by atoms with van der Waals surface area (Å²) in [4.78, 5) is 12.1. The number of nitrogens with two attached hydrogens (primary N) is 1. The predicted octanol–water partition coefficient (Wildman–Crippen LogP) is 2.64. The number of nitrogens with one attached hydrogen (secondary N) is 1. The minimum Gasteiger partial charge on any atom is -0.397 e. The second kappa shape index (κ2) is 6.47. The molecular formula is C14H25N3O. The first-order valence-corrected chi connectivity index (χ1v) is 6.70. The largest absolute Gasteiger partial charge is 0.397 e. The molecule has 1 amide bonds. The summed E-state index contributed by atoms with van der Waals surface area (Å²) in [7, 11) is 0. The molecule has 1 atom stereocenters. The van der Waals surface area contributed by atoms with Crippen LogP contribution in [0.25, 0.3) is 0 Å². The van der Waals surface area contributed by atoms with Crippen LogP contribution in [0.3, 0.4) is 0 Å². The van der Waals surface area contributed by atoms with Crippen molar-refractivity contribution in [3.8, 4) is 0 Å². The van der Waals surface area contributed by atoms with E-state index >= 15 is 0 Å². The van der Waals surface area contributed by atoms with E-state index in [1.54, 1.807) is 12.3 Å². The molecule has 0 aromatic carbocycles. The fraction of sp³-hybridized carbons (Fsp3) is 0.643. The number of rotatable bonds is 6. The molecule has 1 aromatic heterocycles. The molecule has 1 rings (SSSR count). The maximum atomic E-state index is 12.1. The molecule has 0 saturated carbocycles. The van der Waals surface area contributed by atoms with Crippen LogP contribution in [0.15, 0.2) is 12.3 Å². The van der Waals surface area contributed by atoms with Crippen LogP contribution in [-0.4, -0.2) is 16.5 Å². The lowest BCUT2D eigenvalue weighted by molar-refractivity contribution is 0.0928. The number of amides is 1. The second-order valence-electron chi connectivity index (χ2n) is 5.29. The highest BCUT2D eigenvalue weighted by Gasteiger charge is 2.14. The predicted molar refractivity (Wildman–Crippen MR) is 75.5 cm³/mol. The Morgan fingerprint density at radius 3 is 2.61 bits per heavy atom. The van der Waals surface area contributed by atoms with Gasteiger partial charge in [0.05, 0.1) is 5.69 Å². The van der Waals surface area contributed by atoms with Crippen molar-refractivity contribution in [3.05, 3.63) is 18.0 Å². The van der Waals surface area contributed by atoms with Crippen molar-refractivity contribution in [1.82, 2.24) is 9.88 Å². The maximum Gasteiger partial charge on any atom is 0.268 e. The third kappa shape index (κ3) is 4.09. The number of nitrogen functional groups attached to an aromatic ring is 1. The zero-order chi connectivity index (χ0) is 13.7. The summed E-state index contributed by atoms with van der Waals surface area (Å²) < 4.78 is 1.87. The number of hydrogen-bond donors (Lipinski definition) is 2. The van der Waals surface area contributed by atoms with Gasteiger partial charge in [-0.15, -0.1) is 0 Å². The molecule has 1 aromatic rings. The van der Waals surface area contributed by atoms with Gasteiger partial charge in [-0.2, -0.15) is 0 Å². The van der Waals surface area contributed by atoms with E-state index in [1.165, 1.54) is 0 Å². The molecule has 0 aliphatic heterocycles. The van der Waals surface area contributed by atoms with E-state index in [2.05, 4.69) is 19.2 Å². The van der Waals surface area contributed by atoms with Gasteiger partial charge in [-0.25, -0.2) is 0 Å². The van der Waals surface area contributed by atoms with Crippen LogP contribution in [0.1, 0.15) is 51.0 Å². The fourth-order valence-corrected chi connectivity index (χ4v) is 1.94. The number of nitrogens with zero attached hydrogens (tertiary/aromatic N) is 1. The van der Waals surface area contributed by atoms with Crippen molar-refractivity contribution >= 4 is 11.6 Å². The summed E-state index contributed by atoms with van der Waals surface area (Å²) in [5.41, 5.74) is 7.00. The van der Waals surface area contributed by atoms with E-state index in [9.17, 15) is 4.79 Å². The lowest BCUT2D eigenvalue weighted by Crippen LogP contribution is -2.34. The molecule has 0 spiro atoms. The Hall–Kier alpha value is -1.45. The van der Waals surface area contributed by atoms with Gasteiger partial charge < -0.3 is 15.6 Å². The number of hydrogen-bond acceptors (Lipinski definition) is 2. The SMILES string of the molecule is CCn1cc(N)cc1C(=O)NC(C)CCC(C)C. The minimum absolute atomic E-state index is 0.0372. The van der Waals surface area contributed by atoms with Gasteiger partial charge in [0.1, 0.15) is 5.69 Å². The van der Waals surface area contributed by atoms with Crippen LogP contribution < -0.4 is 11.1 Å². The van der Waals surface area contributed by atoms with E-state index in [4.69, 9.17) is 5.73 Å². The van der Waals surface area contributed by atoms with Gasteiger partial charge in [0.2, 0.25) is 0 Å². The van der Waals surface area contributed by atoms with Gasteiger partial charge in [-0.05, 0) is 38.7 Å². The summed E-state index contributed by atoms with van der Waals surface area (Å²) in [5, 5.41) is 3.02. The first kappa shape index (κ1) is 14.6. The average molecular weight is 251 g/mol. The summed E-state index contributed by atoms with van der Waals surface area (Å²) in [6, 6.07) is 1.93. The monoisotopic (exact) mass is 251 g/mol. The Balaban J connectivity index is 2.59. The molecule has 4 heteroatoms. The Bertz CT molecular complexity index is 396. The van der Waals surface area contributed by atoms with Crippen LogP contribution >= 0.6 is 0 Å². The van der Waals surface area contributed by atoms with Gasteiger partial charge in [-0.3, -0.25) is 4.79 Å². The number of aromatic nitrogens is 1. The van der Waals surface area contributed by atoms with Crippen molar-refractivity contribution in [2.75, 3.05) is 5.73 Å². The van der Waals surface area contributed by atoms with Crippen molar-refractivity contribution in [3.63, 3.8) is 0 Å². The highest BCUT2D eigenvalue weighted by Crippen LogP contribution is 2.12. The van der Waals surface area contributed by atoms with E-state index in [1.807, 2.05) is 18.4 Å². The molecule has 102 valence electrons. The summed E-state index contributed by atoms with van der Waals surface area (Å²) in [5.74, 6) is 0.629. The molecular weight excluding hydrogens is 226 g/mol. The molecule has 0 aliphatic carbocycles. The zero-order valence-corrected chi connectivity index (χ0v) is 11.9. The van der Waals surface area contributed by atoms with E-state index < -0.39 is 0 Å². The molecule has 0 radical (unpaired) electrons. The maximum absolute atomic E-state index is 12.1. The van der Waals surface area contributed by atoms with Crippen LogP contribution in [0.4, 0.5) is 5.69 Å². The number of aryl methyl sites for hydroxylation is 1. The lowest BCUT2D eigenvalue weighted by Gasteiger charge is -2.15. The molecule has 3 N–H and O–H groups in total. The Morgan fingerprint density at radius 1 is 1.39 bits per heavy atom. The van der Waals surface area contributed by atoms with Gasteiger partial charge >= 0.3 is 0 Å². The highest BCUT2D eigenvalue weighted by atomic mass is 16.2. The van der Waals surface area contributed by atoms with Crippen molar-refractivity contribution < 1.29 is 4.79 Å². The molecule has 1 heterocycles. The molecule has 0 saturated heterocycles. The topological polar surface area (TPSA) is 60.0 Å². The average Bonchev–Trinajstić information content (AvgIpc) is 2.68. The number of anilines is 1. The number of carbonyl (C=O) groups excluding carboxylic acids is 1. The van der Waals surface area contributed by atoms with Crippen LogP contribution in [0.2, 0.25) is 0 Å². The van der Waals surface area contributed by atoms with Gasteiger partial charge in [0.15, 0.2) is 0 Å². The molecule has 18 heavy (non-hydrogen) atoms. The zero-order valence-electron chi connectivity index (χ0n) is 11.9. The van der Waals surface area contributed by atoms with Crippen LogP contribution in [-0.2, 0) is 6.54 Å². The number of carbonyl (C=O) groups is 1. The normalized spacial score (nSPS) is 12.7. The highest BCUT2D eigenvalue weighted by molar-refractivity contribution is 5.94. The standard InChI is InChI=1S/C14H25N3O/c1-5-17-9-12(15)8-13(17)14(18)16-11(4)7-6-10(2)3/h8-11H,5-7,15H2,1-4H3,(H,16,18). The van der Waals surface area contributed by atoms with E-state index in [0.29, 0.717) is 17.3 Å². The first-order chi connectivity index (χ1) is 8.43. The van der Waals surface area contributed by atoms with Crippen LogP contribution in [0, 0.1) is 5.92 Å². The van der Waals surface area contributed by atoms with Crippen LogP contribution in [0.5, 0.6) is 0 Å². The second-order valence-corrected chi connectivity index (χ2v) is 5.29. The minimum atomic E-state index is -0.0372. The van der Waals surface area contributed by atoms with Gasteiger partial charge in [0, 0.05) is 18.8 Å². The third-order valence-electron chi connectivity index (χ3n) is 3.05. The molecule has 1 unspecified atom stereocenters. The van der Waals surface area contributed by atoms with Gasteiger partial charge in [-0.1, -0.05) is 13.8 Å². The Kier molecular flexibility index (Phi) is 5.25. The van der Waals surface area contributed by atoms with Crippen molar-refractivity contribution in [2.45, 2.75) is 53.1 Å². The van der Waals surface area contributed by atoms with E-state index in [0.717, 1.165) is 19.4 Å². The molecule has 4 nitrogen and oxygen atoms in total. The summed E-state index contributed by atoms with van der Waals surface area (Å²) in [6.45, 7) is 9.18. The third-order valence-corrected chi connectivity index (χ3v) is 3.05. The Morgan fingerprint density at radius 2 is 2.06 bits per heavy atom. The summed E-state index contributed by atoms with van der Waals surface area (Å²) in [6.07, 6.45) is 3.93. The lowest BCUT2D eigenvalue weighted by atomic mass is 10.0. The quantitative estimate of drug-likeness (QED) is 0.816.